The molecule has 0 atom stereocenters. The minimum Gasteiger partial charge on any atom is -0.285 e. The normalized spacial score (nSPS) is 10.1. The molecular formula is C11H6F2N2O. The quantitative estimate of drug-likeness (QED) is 0.727. The molecule has 5 heteroatoms. The molecule has 2 rings (SSSR count). The van der Waals surface area contributed by atoms with Gasteiger partial charge in [0.15, 0.2) is 0 Å². The smallest absolute Gasteiger partial charge is 0.236 e. The van der Waals surface area contributed by atoms with Crippen LogP contribution in [0, 0.1) is 11.6 Å². The Kier molecular flexibility index (Phi) is 2.68. The van der Waals surface area contributed by atoms with E-state index >= 15 is 0 Å². The van der Waals surface area contributed by atoms with E-state index in [4.69, 9.17) is 0 Å². The molecule has 0 spiro atoms. The first kappa shape index (κ1) is 10.4. The van der Waals surface area contributed by atoms with Gasteiger partial charge >= 0.3 is 0 Å². The second kappa shape index (κ2) is 4.14. The first-order valence-electron chi connectivity index (χ1n) is 4.46. The van der Waals surface area contributed by atoms with E-state index in [-0.39, 0.29) is 5.82 Å². The van der Waals surface area contributed by atoms with Crippen LogP contribution in [0.15, 0.2) is 36.7 Å². The summed E-state index contributed by atoms with van der Waals surface area (Å²) in [6.07, 6.45) is 2.66. The van der Waals surface area contributed by atoms with E-state index in [1.165, 1.54) is 24.5 Å². The van der Waals surface area contributed by atoms with Crippen LogP contribution >= 0.6 is 0 Å². The van der Waals surface area contributed by atoms with Gasteiger partial charge in [-0.15, -0.1) is 0 Å². The van der Waals surface area contributed by atoms with E-state index in [1.807, 2.05) is 0 Å². The van der Waals surface area contributed by atoms with Crippen LogP contribution < -0.4 is 0 Å². The summed E-state index contributed by atoms with van der Waals surface area (Å²) in [5, 5.41) is 0. The van der Waals surface area contributed by atoms with E-state index in [0.717, 1.165) is 12.1 Å². The van der Waals surface area contributed by atoms with Crippen molar-refractivity contribution in [1.82, 2.24) is 9.97 Å². The highest BCUT2D eigenvalue weighted by Gasteiger charge is 2.20. The molecule has 3 nitrogen and oxygen atoms in total. The number of hydrogen-bond acceptors (Lipinski definition) is 3. The van der Waals surface area contributed by atoms with Crippen molar-refractivity contribution < 1.29 is 13.6 Å². The molecule has 1 aromatic heterocycles. The Morgan fingerprint density at radius 1 is 1.00 bits per heavy atom. The number of aromatic nitrogens is 2. The van der Waals surface area contributed by atoms with Crippen LogP contribution in [0.5, 0.6) is 0 Å². The molecule has 0 saturated carbocycles. The van der Waals surface area contributed by atoms with Gasteiger partial charge in [-0.3, -0.25) is 4.79 Å². The third-order valence-corrected chi connectivity index (χ3v) is 1.96. The van der Waals surface area contributed by atoms with Gasteiger partial charge in [0.05, 0.1) is 5.56 Å². The maximum atomic E-state index is 13.3. The highest BCUT2D eigenvalue weighted by molar-refractivity contribution is 6.06. The van der Waals surface area contributed by atoms with Crippen molar-refractivity contribution in [1.29, 1.82) is 0 Å². The van der Waals surface area contributed by atoms with E-state index in [9.17, 15) is 13.6 Å². The number of rotatable bonds is 2. The van der Waals surface area contributed by atoms with Gasteiger partial charge in [-0.05, 0) is 18.2 Å². The molecule has 0 bridgehead atoms. The molecule has 0 aliphatic carbocycles. The van der Waals surface area contributed by atoms with Crippen molar-refractivity contribution >= 4 is 5.78 Å². The molecule has 0 aliphatic rings. The zero-order valence-corrected chi connectivity index (χ0v) is 8.02. The number of halogens is 2. The highest BCUT2D eigenvalue weighted by atomic mass is 19.1. The Balaban J connectivity index is 2.50. The van der Waals surface area contributed by atoms with Crippen LogP contribution in [-0.4, -0.2) is 15.8 Å². The van der Waals surface area contributed by atoms with Crippen molar-refractivity contribution in [2.24, 2.45) is 0 Å². The molecule has 0 aliphatic heterocycles. The van der Waals surface area contributed by atoms with Gasteiger partial charge in [-0.2, -0.15) is 0 Å². The Hall–Kier alpha value is -2.17. The minimum atomic E-state index is -0.919. The minimum absolute atomic E-state index is 0.230. The Morgan fingerprint density at radius 2 is 1.56 bits per heavy atom. The topological polar surface area (TPSA) is 42.9 Å². The average molecular weight is 220 g/mol. The SMILES string of the molecule is O=C(c1ncccn1)c1c(F)cccc1F. The van der Waals surface area contributed by atoms with E-state index < -0.39 is 23.0 Å². The molecular weight excluding hydrogens is 214 g/mol. The Morgan fingerprint density at radius 3 is 2.12 bits per heavy atom. The Labute approximate surface area is 89.8 Å². The predicted octanol–water partition coefficient (Wildman–Crippen LogP) is 1.99. The van der Waals surface area contributed by atoms with Gasteiger partial charge in [0.1, 0.15) is 11.6 Å². The van der Waals surface area contributed by atoms with E-state index in [0.29, 0.717) is 0 Å². The molecule has 0 unspecified atom stereocenters. The van der Waals surface area contributed by atoms with E-state index in [2.05, 4.69) is 9.97 Å². The van der Waals surface area contributed by atoms with Gasteiger partial charge in [0.2, 0.25) is 11.6 Å². The van der Waals surface area contributed by atoms with Crippen molar-refractivity contribution in [3.63, 3.8) is 0 Å². The Bertz CT molecular complexity index is 509. The van der Waals surface area contributed by atoms with Gasteiger partial charge < -0.3 is 0 Å². The fourth-order valence-electron chi connectivity index (χ4n) is 1.24. The maximum absolute atomic E-state index is 13.3. The first-order valence-corrected chi connectivity index (χ1v) is 4.46. The van der Waals surface area contributed by atoms with Crippen LogP contribution in [0.1, 0.15) is 16.2 Å². The molecule has 0 fully saturated rings. The van der Waals surface area contributed by atoms with Crippen LogP contribution in [0.2, 0.25) is 0 Å². The van der Waals surface area contributed by atoms with Crippen molar-refractivity contribution in [2.45, 2.75) is 0 Å². The fourth-order valence-corrected chi connectivity index (χ4v) is 1.24. The van der Waals surface area contributed by atoms with Gasteiger partial charge in [-0.1, -0.05) is 6.07 Å². The lowest BCUT2D eigenvalue weighted by molar-refractivity contribution is 0.102. The summed E-state index contributed by atoms with van der Waals surface area (Å²) < 4.78 is 26.5. The third-order valence-electron chi connectivity index (χ3n) is 1.96. The lowest BCUT2D eigenvalue weighted by atomic mass is 10.1. The predicted molar refractivity (Wildman–Crippen MR) is 51.8 cm³/mol. The zero-order chi connectivity index (χ0) is 11.5. The molecule has 16 heavy (non-hydrogen) atoms. The third kappa shape index (κ3) is 1.79. The summed E-state index contributed by atoms with van der Waals surface area (Å²) in [5.41, 5.74) is -0.631. The fraction of sp³-hybridized carbons (Fsp3) is 0. The van der Waals surface area contributed by atoms with Gasteiger partial charge in [0.25, 0.3) is 0 Å². The molecule has 0 N–H and O–H groups in total. The van der Waals surface area contributed by atoms with Crippen molar-refractivity contribution in [3.05, 3.63) is 59.7 Å². The molecule has 1 aromatic carbocycles. The van der Waals surface area contributed by atoms with Crippen molar-refractivity contribution in [3.8, 4) is 0 Å². The molecule has 80 valence electrons. The highest BCUT2D eigenvalue weighted by Crippen LogP contribution is 2.14. The first-order chi connectivity index (χ1) is 7.70. The molecule has 0 saturated heterocycles. The molecule has 1 heterocycles. The summed E-state index contributed by atoms with van der Waals surface area (Å²) in [7, 11) is 0. The lowest BCUT2D eigenvalue weighted by Crippen LogP contribution is -2.10. The van der Waals surface area contributed by atoms with Gasteiger partial charge in [-0.25, -0.2) is 18.7 Å². The molecule has 0 radical (unpaired) electrons. The number of ketones is 1. The monoisotopic (exact) mass is 220 g/mol. The van der Waals surface area contributed by atoms with Gasteiger partial charge in [0, 0.05) is 12.4 Å². The summed E-state index contributed by atoms with van der Waals surface area (Å²) >= 11 is 0. The number of benzene rings is 1. The van der Waals surface area contributed by atoms with Crippen LogP contribution in [0.4, 0.5) is 8.78 Å². The summed E-state index contributed by atoms with van der Waals surface area (Å²) in [4.78, 5) is 19.0. The number of nitrogens with zero attached hydrogens (tertiary/aromatic N) is 2. The van der Waals surface area contributed by atoms with Crippen molar-refractivity contribution in [2.75, 3.05) is 0 Å². The number of carbonyl (C=O) groups excluding carboxylic acids is 1. The van der Waals surface area contributed by atoms with Crippen LogP contribution in [-0.2, 0) is 0 Å². The van der Waals surface area contributed by atoms with E-state index in [1.54, 1.807) is 0 Å². The largest absolute Gasteiger partial charge is 0.285 e. The number of carbonyl (C=O) groups is 1. The summed E-state index contributed by atoms with van der Waals surface area (Å²) in [6, 6.07) is 4.72. The average Bonchev–Trinajstić information content (AvgIpc) is 2.30. The molecule has 0 amide bonds. The molecule has 2 aromatic rings. The second-order valence-electron chi connectivity index (χ2n) is 3.00. The summed E-state index contributed by atoms with van der Waals surface area (Å²) in [6.45, 7) is 0. The maximum Gasteiger partial charge on any atom is 0.236 e. The second-order valence-corrected chi connectivity index (χ2v) is 3.00. The van der Waals surface area contributed by atoms with Crippen LogP contribution in [0.25, 0.3) is 0 Å². The standard InChI is InChI=1S/C11H6F2N2O/c12-7-3-1-4-8(13)9(7)10(16)11-14-5-2-6-15-11/h1-6H. The van der Waals surface area contributed by atoms with Crippen LogP contribution in [0.3, 0.4) is 0 Å². The lowest BCUT2D eigenvalue weighted by Gasteiger charge is -2.01. The summed E-state index contributed by atoms with van der Waals surface area (Å²) in [5.74, 6) is -2.93. The number of hydrogen-bond donors (Lipinski definition) is 0. The zero-order valence-electron chi connectivity index (χ0n) is 8.02.